The number of benzene rings is 1. The van der Waals surface area contributed by atoms with Gasteiger partial charge in [-0.2, -0.15) is 13.2 Å². The van der Waals surface area contributed by atoms with Crippen LogP contribution < -0.4 is 5.73 Å². The Morgan fingerprint density at radius 1 is 1.44 bits per heavy atom. The van der Waals surface area contributed by atoms with Gasteiger partial charge in [-0.25, -0.2) is 0 Å². The van der Waals surface area contributed by atoms with E-state index in [9.17, 15) is 18.0 Å². The van der Waals surface area contributed by atoms with Crippen molar-refractivity contribution in [3.8, 4) is 0 Å². The van der Waals surface area contributed by atoms with E-state index in [1.807, 2.05) is 0 Å². The maximum absolute atomic E-state index is 12.2. The zero-order chi connectivity index (χ0) is 13.9. The molecular weight excluding hydrogens is 245 g/mol. The van der Waals surface area contributed by atoms with E-state index in [2.05, 4.69) is 0 Å². The lowest BCUT2D eigenvalue weighted by molar-refractivity contribution is -0.159. The molecule has 0 aromatic heterocycles. The first kappa shape index (κ1) is 14.3. The van der Waals surface area contributed by atoms with Crippen molar-refractivity contribution in [2.75, 3.05) is 19.3 Å². The minimum Gasteiger partial charge on any atom is -0.399 e. The lowest BCUT2D eigenvalue weighted by atomic mass is 9.99. The fourth-order valence-corrected chi connectivity index (χ4v) is 1.65. The number of halogens is 3. The topological polar surface area (TPSA) is 46.3 Å². The maximum Gasteiger partial charge on any atom is 0.406 e. The molecule has 1 aromatic carbocycles. The average molecular weight is 260 g/mol. The number of rotatable bonds is 3. The van der Waals surface area contributed by atoms with Gasteiger partial charge in [0.2, 0.25) is 5.91 Å². The molecule has 1 rings (SSSR count). The van der Waals surface area contributed by atoms with Crippen LogP contribution in [0.15, 0.2) is 24.3 Å². The Balaban J connectivity index is 2.78. The molecule has 0 aliphatic rings. The van der Waals surface area contributed by atoms with E-state index in [0.29, 0.717) is 16.2 Å². The van der Waals surface area contributed by atoms with Crippen LogP contribution >= 0.6 is 0 Å². The second kappa shape index (κ2) is 5.29. The highest BCUT2D eigenvalue weighted by atomic mass is 19.4. The van der Waals surface area contributed by atoms with Gasteiger partial charge in [-0.15, -0.1) is 0 Å². The Morgan fingerprint density at radius 3 is 2.56 bits per heavy atom. The Kier molecular flexibility index (Phi) is 4.21. The predicted molar refractivity (Wildman–Crippen MR) is 63.0 cm³/mol. The third-order valence-corrected chi connectivity index (χ3v) is 2.57. The summed E-state index contributed by atoms with van der Waals surface area (Å²) in [6.07, 6.45) is -4.39. The van der Waals surface area contributed by atoms with Gasteiger partial charge in [0.05, 0.1) is 5.92 Å². The van der Waals surface area contributed by atoms with Crippen molar-refractivity contribution < 1.29 is 18.0 Å². The molecule has 0 aliphatic heterocycles. The number of carbonyl (C=O) groups excluding carboxylic acids is 1. The minimum absolute atomic E-state index is 0.477. The first-order valence-corrected chi connectivity index (χ1v) is 5.38. The highest BCUT2D eigenvalue weighted by molar-refractivity contribution is 5.83. The molecule has 0 fully saturated rings. The predicted octanol–water partition coefficient (Wildman–Crippen LogP) is 2.39. The van der Waals surface area contributed by atoms with Crippen molar-refractivity contribution in [2.45, 2.75) is 19.0 Å². The number of hydrogen-bond donors (Lipinski definition) is 1. The number of nitrogen functional groups attached to an aromatic ring is 1. The molecule has 1 amide bonds. The average Bonchev–Trinajstić information content (AvgIpc) is 2.24. The lowest BCUT2D eigenvalue weighted by Crippen LogP contribution is -2.38. The van der Waals surface area contributed by atoms with Gasteiger partial charge in [-0.3, -0.25) is 4.79 Å². The van der Waals surface area contributed by atoms with E-state index in [1.165, 1.54) is 0 Å². The van der Waals surface area contributed by atoms with Crippen LogP contribution in [0.4, 0.5) is 18.9 Å². The normalized spacial score (nSPS) is 13.2. The summed E-state index contributed by atoms with van der Waals surface area (Å²) in [5.74, 6) is -1.24. The summed E-state index contributed by atoms with van der Waals surface area (Å²) >= 11 is 0. The minimum atomic E-state index is -4.39. The summed E-state index contributed by atoms with van der Waals surface area (Å²) in [7, 11) is 1.14. The van der Waals surface area contributed by atoms with E-state index in [4.69, 9.17) is 5.73 Å². The van der Waals surface area contributed by atoms with Crippen LogP contribution in [0.1, 0.15) is 18.4 Å². The summed E-state index contributed by atoms with van der Waals surface area (Å²) in [6, 6.07) is 6.57. The summed E-state index contributed by atoms with van der Waals surface area (Å²) in [5.41, 5.74) is 6.65. The highest BCUT2D eigenvalue weighted by Gasteiger charge is 2.32. The third kappa shape index (κ3) is 3.94. The molecule has 2 N–H and O–H groups in total. The Morgan fingerprint density at radius 2 is 2.06 bits per heavy atom. The van der Waals surface area contributed by atoms with Crippen molar-refractivity contribution in [2.24, 2.45) is 0 Å². The molecule has 1 aromatic rings. The molecule has 100 valence electrons. The molecule has 0 radical (unpaired) electrons. The molecule has 0 saturated heterocycles. The number of nitrogens with zero attached hydrogens (tertiary/aromatic N) is 1. The van der Waals surface area contributed by atoms with Crippen molar-refractivity contribution in [1.29, 1.82) is 0 Å². The molecule has 18 heavy (non-hydrogen) atoms. The molecular formula is C12H15F3N2O. The van der Waals surface area contributed by atoms with Gasteiger partial charge >= 0.3 is 6.18 Å². The van der Waals surface area contributed by atoms with E-state index in [-0.39, 0.29) is 0 Å². The smallest absolute Gasteiger partial charge is 0.399 e. The summed E-state index contributed by atoms with van der Waals surface area (Å²) in [4.78, 5) is 12.5. The fraction of sp³-hybridized carbons (Fsp3) is 0.417. The van der Waals surface area contributed by atoms with Crippen LogP contribution in [0, 0.1) is 0 Å². The van der Waals surface area contributed by atoms with Gasteiger partial charge in [0, 0.05) is 12.7 Å². The second-order valence-electron chi connectivity index (χ2n) is 4.20. The third-order valence-electron chi connectivity index (χ3n) is 2.57. The summed E-state index contributed by atoms with van der Waals surface area (Å²) < 4.78 is 36.5. The summed E-state index contributed by atoms with van der Waals surface area (Å²) in [6.45, 7) is 0.308. The highest BCUT2D eigenvalue weighted by Crippen LogP contribution is 2.22. The molecule has 1 atom stereocenters. The van der Waals surface area contributed by atoms with Crippen LogP contribution in [0.5, 0.6) is 0 Å². The van der Waals surface area contributed by atoms with Gasteiger partial charge in [0.1, 0.15) is 6.54 Å². The first-order chi connectivity index (χ1) is 8.20. The van der Waals surface area contributed by atoms with E-state index >= 15 is 0 Å². The van der Waals surface area contributed by atoms with Crippen molar-refractivity contribution in [3.63, 3.8) is 0 Å². The van der Waals surface area contributed by atoms with Crippen LogP contribution in [-0.2, 0) is 4.79 Å². The molecule has 3 nitrogen and oxygen atoms in total. The van der Waals surface area contributed by atoms with Crippen LogP contribution in [-0.4, -0.2) is 30.6 Å². The van der Waals surface area contributed by atoms with Gasteiger partial charge in [0.25, 0.3) is 0 Å². The number of likely N-dealkylation sites (N-methyl/N-ethyl adjacent to an activating group) is 1. The van der Waals surface area contributed by atoms with E-state index < -0.39 is 24.5 Å². The Hall–Kier alpha value is -1.72. The Labute approximate surface area is 103 Å². The first-order valence-electron chi connectivity index (χ1n) is 5.38. The Bertz CT molecular complexity index is 432. The molecule has 0 saturated carbocycles. The maximum atomic E-state index is 12.2. The van der Waals surface area contributed by atoms with E-state index in [1.54, 1.807) is 31.2 Å². The second-order valence-corrected chi connectivity index (χ2v) is 4.20. The van der Waals surface area contributed by atoms with Gasteiger partial charge < -0.3 is 10.6 Å². The van der Waals surface area contributed by atoms with Crippen LogP contribution in [0.25, 0.3) is 0 Å². The van der Waals surface area contributed by atoms with Gasteiger partial charge in [0.15, 0.2) is 0 Å². The van der Waals surface area contributed by atoms with Crippen LogP contribution in [0.3, 0.4) is 0 Å². The molecule has 0 bridgehead atoms. The quantitative estimate of drug-likeness (QED) is 0.848. The van der Waals surface area contributed by atoms with E-state index in [0.717, 1.165) is 7.05 Å². The van der Waals surface area contributed by atoms with Gasteiger partial charge in [-0.1, -0.05) is 12.1 Å². The largest absolute Gasteiger partial charge is 0.406 e. The summed E-state index contributed by atoms with van der Waals surface area (Å²) in [5, 5.41) is 0. The number of carbonyl (C=O) groups is 1. The zero-order valence-corrected chi connectivity index (χ0v) is 10.2. The zero-order valence-electron chi connectivity index (χ0n) is 10.2. The molecule has 0 heterocycles. The number of alkyl halides is 3. The van der Waals surface area contributed by atoms with Gasteiger partial charge in [-0.05, 0) is 24.6 Å². The number of hydrogen-bond acceptors (Lipinski definition) is 2. The number of nitrogens with two attached hydrogens (primary N) is 1. The monoisotopic (exact) mass is 260 g/mol. The molecule has 0 spiro atoms. The van der Waals surface area contributed by atoms with Crippen LogP contribution in [0.2, 0.25) is 0 Å². The SMILES string of the molecule is CC(C(=O)N(C)CC(F)(F)F)c1cccc(N)c1. The molecule has 0 aliphatic carbocycles. The van der Waals surface area contributed by atoms with Crippen molar-refractivity contribution >= 4 is 11.6 Å². The molecule has 1 unspecified atom stereocenters. The standard InChI is InChI=1S/C12H15F3N2O/c1-8(9-4-3-5-10(16)6-9)11(18)17(2)7-12(13,14)15/h3-6,8H,7,16H2,1-2H3. The van der Waals surface area contributed by atoms with Crippen molar-refractivity contribution in [1.82, 2.24) is 4.90 Å². The van der Waals surface area contributed by atoms with Crippen molar-refractivity contribution in [3.05, 3.63) is 29.8 Å². The number of anilines is 1. The lowest BCUT2D eigenvalue weighted by Gasteiger charge is -2.22. The fourth-order valence-electron chi connectivity index (χ4n) is 1.65. The molecule has 6 heteroatoms. The number of amides is 1.